The number of hydrogen-bond donors (Lipinski definition) is 0. The van der Waals surface area contributed by atoms with Crippen LogP contribution < -0.4 is 10.5 Å². The van der Waals surface area contributed by atoms with Crippen LogP contribution >= 0.6 is 24.0 Å². The molecule has 2 saturated heterocycles. The first-order valence-corrected chi connectivity index (χ1v) is 12.7. The Labute approximate surface area is 203 Å². The smallest absolute Gasteiger partial charge is 0.267 e. The van der Waals surface area contributed by atoms with Crippen LogP contribution in [0.1, 0.15) is 39.2 Å². The van der Waals surface area contributed by atoms with E-state index in [9.17, 15) is 9.59 Å². The van der Waals surface area contributed by atoms with Crippen molar-refractivity contribution >= 4 is 51.7 Å². The van der Waals surface area contributed by atoms with Crippen LogP contribution in [-0.4, -0.2) is 57.4 Å². The summed E-state index contributed by atoms with van der Waals surface area (Å²) in [4.78, 5) is 35.8. The van der Waals surface area contributed by atoms with Gasteiger partial charge >= 0.3 is 0 Å². The second kappa shape index (κ2) is 10.4. The number of nitrogens with zero attached hydrogens (tertiary/aromatic N) is 4. The number of hydrogen-bond acceptors (Lipinski definition) is 7. The molecule has 2 fully saturated rings. The SMILES string of the molecule is CCOCCCN1C(=O)/C(=C\c2c(N3C[C@@H](C)C[C@H](C)C3)nc3ccccn3c2=O)SC1=S. The van der Waals surface area contributed by atoms with Gasteiger partial charge in [-0.25, -0.2) is 4.98 Å². The van der Waals surface area contributed by atoms with Crippen molar-refractivity contribution < 1.29 is 9.53 Å². The highest BCUT2D eigenvalue weighted by Crippen LogP contribution is 2.34. The first-order chi connectivity index (χ1) is 15.9. The van der Waals surface area contributed by atoms with Gasteiger partial charge in [0.15, 0.2) is 0 Å². The molecule has 0 spiro atoms. The van der Waals surface area contributed by atoms with E-state index in [4.69, 9.17) is 21.9 Å². The number of thioether (sulfide) groups is 1. The number of piperidine rings is 1. The molecule has 1 amide bonds. The van der Waals surface area contributed by atoms with E-state index in [2.05, 4.69) is 18.7 Å². The van der Waals surface area contributed by atoms with E-state index in [1.165, 1.54) is 16.2 Å². The maximum Gasteiger partial charge on any atom is 0.267 e. The lowest BCUT2D eigenvalue weighted by Gasteiger charge is -2.36. The first-order valence-electron chi connectivity index (χ1n) is 11.5. The highest BCUT2D eigenvalue weighted by Gasteiger charge is 2.33. The van der Waals surface area contributed by atoms with Crippen molar-refractivity contribution in [2.24, 2.45) is 11.8 Å². The summed E-state index contributed by atoms with van der Waals surface area (Å²) in [6, 6.07) is 5.52. The Morgan fingerprint density at radius 3 is 2.73 bits per heavy atom. The molecule has 4 rings (SSSR count). The number of anilines is 1. The summed E-state index contributed by atoms with van der Waals surface area (Å²) in [5.74, 6) is 1.49. The summed E-state index contributed by atoms with van der Waals surface area (Å²) in [5.41, 5.74) is 0.863. The fourth-order valence-corrected chi connectivity index (χ4v) is 5.88. The van der Waals surface area contributed by atoms with Crippen LogP contribution in [0, 0.1) is 11.8 Å². The minimum Gasteiger partial charge on any atom is -0.382 e. The van der Waals surface area contributed by atoms with Crippen molar-refractivity contribution in [3.05, 3.63) is 45.2 Å². The normalized spacial score (nSPS) is 22.7. The van der Waals surface area contributed by atoms with E-state index in [1.54, 1.807) is 17.2 Å². The van der Waals surface area contributed by atoms with E-state index in [-0.39, 0.29) is 11.5 Å². The van der Waals surface area contributed by atoms with E-state index in [1.807, 2.05) is 25.1 Å². The molecule has 4 heterocycles. The fourth-order valence-electron chi connectivity index (χ4n) is 4.59. The molecule has 176 valence electrons. The predicted molar refractivity (Wildman–Crippen MR) is 138 cm³/mol. The van der Waals surface area contributed by atoms with Crippen molar-refractivity contribution in [3.63, 3.8) is 0 Å². The van der Waals surface area contributed by atoms with Gasteiger partial charge in [0, 0.05) is 39.0 Å². The van der Waals surface area contributed by atoms with Crippen LogP contribution in [0.5, 0.6) is 0 Å². The molecule has 9 heteroatoms. The van der Waals surface area contributed by atoms with E-state index < -0.39 is 0 Å². The summed E-state index contributed by atoms with van der Waals surface area (Å²) in [7, 11) is 0. The van der Waals surface area contributed by atoms with Crippen LogP contribution in [0.15, 0.2) is 34.1 Å². The van der Waals surface area contributed by atoms with Gasteiger partial charge in [-0.1, -0.05) is 43.9 Å². The molecule has 0 aromatic carbocycles. The number of carbonyl (C=O) groups excluding carboxylic acids is 1. The van der Waals surface area contributed by atoms with Crippen LogP contribution in [-0.2, 0) is 9.53 Å². The Morgan fingerprint density at radius 1 is 1.24 bits per heavy atom. The zero-order chi connectivity index (χ0) is 23.5. The maximum atomic E-state index is 13.5. The van der Waals surface area contributed by atoms with Crippen LogP contribution in [0.2, 0.25) is 0 Å². The predicted octanol–water partition coefficient (Wildman–Crippen LogP) is 3.80. The Kier molecular flexibility index (Phi) is 7.51. The average molecular weight is 487 g/mol. The van der Waals surface area contributed by atoms with Gasteiger partial charge in [-0.05, 0) is 49.8 Å². The third-order valence-electron chi connectivity index (χ3n) is 5.94. The number of ether oxygens (including phenoxy) is 1. The molecule has 2 atom stereocenters. The van der Waals surface area contributed by atoms with Gasteiger partial charge in [0.25, 0.3) is 11.5 Å². The van der Waals surface area contributed by atoms with Crippen LogP contribution in [0.4, 0.5) is 5.82 Å². The van der Waals surface area contributed by atoms with Crippen molar-refractivity contribution in [2.75, 3.05) is 37.7 Å². The number of fused-ring (bicyclic) bond motifs is 1. The Balaban J connectivity index is 1.73. The summed E-state index contributed by atoms with van der Waals surface area (Å²) < 4.78 is 7.43. The maximum absolute atomic E-state index is 13.5. The summed E-state index contributed by atoms with van der Waals surface area (Å²) >= 11 is 6.71. The lowest BCUT2D eigenvalue weighted by Crippen LogP contribution is -2.40. The largest absolute Gasteiger partial charge is 0.382 e. The second-order valence-electron chi connectivity index (χ2n) is 8.82. The monoisotopic (exact) mass is 486 g/mol. The molecule has 2 aliphatic heterocycles. The summed E-state index contributed by atoms with van der Waals surface area (Å²) in [5, 5.41) is 0. The van der Waals surface area contributed by atoms with E-state index >= 15 is 0 Å². The number of aromatic nitrogens is 2. The van der Waals surface area contributed by atoms with Crippen LogP contribution in [0.3, 0.4) is 0 Å². The van der Waals surface area contributed by atoms with Crippen molar-refractivity contribution in [1.29, 1.82) is 0 Å². The number of pyridine rings is 1. The van der Waals surface area contributed by atoms with Crippen LogP contribution in [0.25, 0.3) is 11.7 Å². The van der Waals surface area contributed by atoms with E-state index in [0.717, 1.165) is 19.5 Å². The molecule has 0 N–H and O–H groups in total. The van der Waals surface area contributed by atoms with Gasteiger partial charge in [-0.15, -0.1) is 0 Å². The Hall–Kier alpha value is -2.23. The molecule has 7 nitrogen and oxygen atoms in total. The molecule has 0 aliphatic carbocycles. The minimum absolute atomic E-state index is 0.162. The van der Waals surface area contributed by atoms with Gasteiger partial charge in [0.2, 0.25) is 0 Å². The molecule has 0 saturated carbocycles. The average Bonchev–Trinajstić information content (AvgIpc) is 3.05. The first kappa shape index (κ1) is 23.9. The molecule has 33 heavy (non-hydrogen) atoms. The van der Waals surface area contributed by atoms with Gasteiger partial charge < -0.3 is 9.64 Å². The number of carbonyl (C=O) groups is 1. The molecule has 0 radical (unpaired) electrons. The lowest BCUT2D eigenvalue weighted by molar-refractivity contribution is -0.122. The summed E-state index contributed by atoms with van der Waals surface area (Å²) in [6.45, 7) is 9.79. The quantitative estimate of drug-likeness (QED) is 0.335. The highest BCUT2D eigenvalue weighted by molar-refractivity contribution is 8.26. The topological polar surface area (TPSA) is 67.2 Å². The van der Waals surface area contributed by atoms with Crippen molar-refractivity contribution in [2.45, 2.75) is 33.6 Å². The van der Waals surface area contributed by atoms with Gasteiger partial charge in [0.1, 0.15) is 15.8 Å². The zero-order valence-electron chi connectivity index (χ0n) is 19.3. The van der Waals surface area contributed by atoms with Gasteiger partial charge in [-0.3, -0.25) is 18.9 Å². The zero-order valence-corrected chi connectivity index (χ0v) is 21.0. The third-order valence-corrected chi connectivity index (χ3v) is 7.32. The number of thiocarbonyl (C=S) groups is 1. The molecular formula is C24H30N4O3S2. The standard InChI is InChI=1S/C24H30N4O3S2/c1-4-31-11-7-10-28-23(30)19(33-24(28)32)13-18-21(26-14-16(2)12-17(3)15-26)25-20-8-5-6-9-27(20)22(18)29/h5-6,8-9,13,16-17H,4,7,10-12,14-15H2,1-3H3/b19-13+/t16-,17-/m0/s1. The Bertz CT molecular complexity index is 1140. The lowest BCUT2D eigenvalue weighted by atomic mass is 9.91. The molecule has 0 bridgehead atoms. The Morgan fingerprint density at radius 2 is 2.00 bits per heavy atom. The third kappa shape index (κ3) is 5.15. The molecule has 2 aromatic heterocycles. The number of rotatable bonds is 7. The molecular weight excluding hydrogens is 456 g/mol. The second-order valence-corrected chi connectivity index (χ2v) is 10.5. The minimum atomic E-state index is -0.178. The van der Waals surface area contributed by atoms with Gasteiger partial charge in [-0.2, -0.15) is 0 Å². The molecule has 0 unspecified atom stereocenters. The van der Waals surface area contributed by atoms with Crippen molar-refractivity contribution in [1.82, 2.24) is 14.3 Å². The van der Waals surface area contributed by atoms with E-state index in [0.29, 0.717) is 64.3 Å². The fraction of sp³-hybridized carbons (Fsp3) is 0.500. The van der Waals surface area contributed by atoms with Gasteiger partial charge in [0.05, 0.1) is 10.5 Å². The molecule has 2 aliphatic rings. The van der Waals surface area contributed by atoms with Crippen molar-refractivity contribution in [3.8, 4) is 0 Å². The molecule has 2 aromatic rings. The highest BCUT2D eigenvalue weighted by atomic mass is 32.2. The number of amides is 1. The summed E-state index contributed by atoms with van der Waals surface area (Å²) in [6.07, 6.45) is 5.27.